The monoisotopic (exact) mass is 358 g/mol. The van der Waals surface area contributed by atoms with E-state index in [4.69, 9.17) is 4.74 Å². The topological polar surface area (TPSA) is 84.0 Å². The van der Waals surface area contributed by atoms with E-state index in [0.717, 1.165) is 4.90 Å². The maximum atomic E-state index is 12.4. The molecule has 1 heterocycles. The van der Waals surface area contributed by atoms with Crippen LogP contribution in [0.3, 0.4) is 0 Å². The predicted octanol–water partition coefficient (Wildman–Crippen LogP) is 1.64. The number of carbonyl (C=O) groups is 4. The molecule has 2 rings (SSSR count). The standard InChI is InChI=1S/C19H22N2O5/c1-3-11-20(12-10-17(23)26-4-2)16(22)9-13-21-18(24)14-7-5-6-8-15(14)19(21)25/h3,5-8H,1,4,9-13H2,2H3. The lowest BCUT2D eigenvalue weighted by Crippen LogP contribution is -2.38. The second kappa shape index (κ2) is 8.94. The van der Waals surface area contributed by atoms with E-state index < -0.39 is 0 Å². The normalized spacial score (nSPS) is 12.7. The van der Waals surface area contributed by atoms with Gasteiger partial charge in [0, 0.05) is 26.1 Å². The van der Waals surface area contributed by atoms with Gasteiger partial charge in [0.05, 0.1) is 24.2 Å². The Hall–Kier alpha value is -2.96. The van der Waals surface area contributed by atoms with Crippen LogP contribution in [0.25, 0.3) is 0 Å². The molecule has 1 aliphatic rings. The molecule has 7 heteroatoms. The number of rotatable bonds is 9. The van der Waals surface area contributed by atoms with Crippen LogP contribution < -0.4 is 0 Å². The summed E-state index contributed by atoms with van der Waals surface area (Å²) in [4.78, 5) is 51.0. The van der Waals surface area contributed by atoms with Gasteiger partial charge in [-0.2, -0.15) is 0 Å². The predicted molar refractivity (Wildman–Crippen MR) is 94.5 cm³/mol. The van der Waals surface area contributed by atoms with Crippen LogP contribution in [-0.4, -0.2) is 59.7 Å². The van der Waals surface area contributed by atoms with Gasteiger partial charge in [-0.3, -0.25) is 24.1 Å². The van der Waals surface area contributed by atoms with Gasteiger partial charge in [-0.25, -0.2) is 0 Å². The van der Waals surface area contributed by atoms with Gasteiger partial charge in [0.15, 0.2) is 0 Å². The van der Waals surface area contributed by atoms with Crippen molar-refractivity contribution in [2.75, 3.05) is 26.2 Å². The lowest BCUT2D eigenvalue weighted by Gasteiger charge is -2.22. The van der Waals surface area contributed by atoms with Crippen molar-refractivity contribution in [2.24, 2.45) is 0 Å². The van der Waals surface area contributed by atoms with Crippen molar-refractivity contribution in [1.29, 1.82) is 0 Å². The first-order chi connectivity index (χ1) is 12.5. The summed E-state index contributed by atoms with van der Waals surface area (Å²) in [6.45, 7) is 6.08. The van der Waals surface area contributed by atoms with Gasteiger partial charge in [0.2, 0.25) is 5.91 Å². The fourth-order valence-corrected chi connectivity index (χ4v) is 2.74. The maximum absolute atomic E-state index is 12.4. The zero-order valence-corrected chi connectivity index (χ0v) is 14.8. The number of benzene rings is 1. The molecule has 0 fully saturated rings. The van der Waals surface area contributed by atoms with Crippen LogP contribution in [0, 0.1) is 0 Å². The molecule has 0 saturated heterocycles. The minimum Gasteiger partial charge on any atom is -0.466 e. The van der Waals surface area contributed by atoms with Crippen molar-refractivity contribution >= 4 is 23.7 Å². The summed E-state index contributed by atoms with van der Waals surface area (Å²) in [6, 6.07) is 6.58. The van der Waals surface area contributed by atoms with Crippen molar-refractivity contribution < 1.29 is 23.9 Å². The number of fused-ring (bicyclic) bond motifs is 1. The highest BCUT2D eigenvalue weighted by atomic mass is 16.5. The van der Waals surface area contributed by atoms with Crippen LogP contribution >= 0.6 is 0 Å². The van der Waals surface area contributed by atoms with Gasteiger partial charge in [-0.05, 0) is 19.1 Å². The molecule has 26 heavy (non-hydrogen) atoms. The van der Waals surface area contributed by atoms with Crippen LogP contribution in [0.5, 0.6) is 0 Å². The quantitative estimate of drug-likeness (QED) is 0.381. The van der Waals surface area contributed by atoms with Crippen LogP contribution in [-0.2, 0) is 14.3 Å². The van der Waals surface area contributed by atoms with E-state index in [-0.39, 0.29) is 62.8 Å². The Bertz CT molecular complexity index is 693. The molecular weight excluding hydrogens is 336 g/mol. The van der Waals surface area contributed by atoms with Gasteiger partial charge < -0.3 is 9.64 Å². The molecule has 0 bridgehead atoms. The second-order valence-corrected chi connectivity index (χ2v) is 5.74. The van der Waals surface area contributed by atoms with Gasteiger partial charge in [0.1, 0.15) is 0 Å². The van der Waals surface area contributed by atoms with Crippen LogP contribution in [0.2, 0.25) is 0 Å². The number of nitrogens with zero attached hydrogens (tertiary/aromatic N) is 2. The molecule has 0 N–H and O–H groups in total. The first-order valence-corrected chi connectivity index (χ1v) is 8.49. The Morgan fingerprint density at radius 3 is 2.31 bits per heavy atom. The maximum Gasteiger partial charge on any atom is 0.307 e. The molecule has 0 spiro atoms. The molecule has 1 aromatic rings. The third-order valence-electron chi connectivity index (χ3n) is 4.02. The van der Waals surface area contributed by atoms with Crippen LogP contribution in [0.15, 0.2) is 36.9 Å². The highest BCUT2D eigenvalue weighted by Gasteiger charge is 2.35. The molecule has 0 aromatic heterocycles. The molecule has 0 saturated carbocycles. The number of hydrogen-bond acceptors (Lipinski definition) is 5. The Morgan fingerprint density at radius 2 is 1.77 bits per heavy atom. The van der Waals surface area contributed by atoms with Crippen LogP contribution in [0.4, 0.5) is 0 Å². The first kappa shape index (κ1) is 19.4. The molecule has 1 aromatic carbocycles. The van der Waals surface area contributed by atoms with E-state index in [1.165, 1.54) is 4.90 Å². The number of ether oxygens (including phenoxy) is 1. The summed E-state index contributed by atoms with van der Waals surface area (Å²) in [7, 11) is 0. The number of hydrogen-bond donors (Lipinski definition) is 0. The Morgan fingerprint density at radius 1 is 1.15 bits per heavy atom. The fourth-order valence-electron chi connectivity index (χ4n) is 2.74. The number of esters is 1. The van der Waals surface area contributed by atoms with Gasteiger partial charge in [0.25, 0.3) is 11.8 Å². The lowest BCUT2D eigenvalue weighted by molar-refractivity contribution is -0.144. The molecule has 0 unspecified atom stereocenters. The molecular formula is C19H22N2O5. The smallest absolute Gasteiger partial charge is 0.307 e. The minimum atomic E-state index is -0.389. The molecule has 7 nitrogen and oxygen atoms in total. The first-order valence-electron chi connectivity index (χ1n) is 8.49. The summed E-state index contributed by atoms with van der Waals surface area (Å²) in [5, 5.41) is 0. The van der Waals surface area contributed by atoms with Crippen molar-refractivity contribution in [3.8, 4) is 0 Å². The van der Waals surface area contributed by atoms with E-state index in [9.17, 15) is 19.2 Å². The average Bonchev–Trinajstić information content (AvgIpc) is 2.88. The van der Waals surface area contributed by atoms with Gasteiger partial charge >= 0.3 is 5.97 Å². The SMILES string of the molecule is C=CCN(CCC(=O)OCC)C(=O)CCN1C(=O)c2ccccc2C1=O. The summed E-state index contributed by atoms with van der Waals surface area (Å²) in [5.74, 6) is -1.42. The molecule has 0 radical (unpaired) electrons. The third-order valence-corrected chi connectivity index (χ3v) is 4.02. The molecule has 0 aliphatic carbocycles. The summed E-state index contributed by atoms with van der Waals surface area (Å²) in [6.07, 6.45) is 1.63. The Kier molecular flexibility index (Phi) is 6.66. The lowest BCUT2D eigenvalue weighted by atomic mass is 10.1. The van der Waals surface area contributed by atoms with E-state index in [1.807, 2.05) is 0 Å². The fraction of sp³-hybridized carbons (Fsp3) is 0.368. The van der Waals surface area contributed by atoms with Crippen molar-refractivity contribution in [2.45, 2.75) is 19.8 Å². The summed E-state index contributed by atoms with van der Waals surface area (Å²) in [5.41, 5.74) is 0.713. The molecule has 0 atom stereocenters. The van der Waals surface area contributed by atoms with Crippen LogP contribution in [0.1, 0.15) is 40.5 Å². The molecule has 1 aliphatic heterocycles. The number of amides is 3. The highest BCUT2D eigenvalue weighted by molar-refractivity contribution is 6.21. The van der Waals surface area contributed by atoms with Crippen molar-refractivity contribution in [1.82, 2.24) is 9.80 Å². The summed E-state index contributed by atoms with van der Waals surface area (Å²) >= 11 is 0. The molecule has 138 valence electrons. The van der Waals surface area contributed by atoms with E-state index >= 15 is 0 Å². The Labute approximate surface area is 152 Å². The number of carbonyl (C=O) groups excluding carboxylic acids is 4. The zero-order valence-electron chi connectivity index (χ0n) is 14.8. The highest BCUT2D eigenvalue weighted by Crippen LogP contribution is 2.22. The number of imide groups is 1. The van der Waals surface area contributed by atoms with E-state index in [2.05, 4.69) is 6.58 Å². The van der Waals surface area contributed by atoms with E-state index in [1.54, 1.807) is 37.3 Å². The van der Waals surface area contributed by atoms with Gasteiger partial charge in [-0.15, -0.1) is 6.58 Å². The van der Waals surface area contributed by atoms with Gasteiger partial charge in [-0.1, -0.05) is 18.2 Å². The average molecular weight is 358 g/mol. The van der Waals surface area contributed by atoms with Crippen molar-refractivity contribution in [3.63, 3.8) is 0 Å². The summed E-state index contributed by atoms with van der Waals surface area (Å²) < 4.78 is 4.86. The third kappa shape index (κ3) is 4.36. The Balaban J connectivity index is 1.93. The minimum absolute atomic E-state index is 0.00176. The van der Waals surface area contributed by atoms with E-state index in [0.29, 0.717) is 11.1 Å². The molecule has 3 amide bonds. The largest absolute Gasteiger partial charge is 0.466 e. The van der Waals surface area contributed by atoms with Crippen molar-refractivity contribution in [3.05, 3.63) is 48.0 Å². The second-order valence-electron chi connectivity index (χ2n) is 5.74. The zero-order chi connectivity index (χ0) is 19.1.